The zero-order valence-corrected chi connectivity index (χ0v) is 18.4. The van der Waals surface area contributed by atoms with Crippen molar-refractivity contribution in [2.45, 2.75) is 18.9 Å². The van der Waals surface area contributed by atoms with Crippen LogP contribution in [0.4, 0.5) is 5.69 Å². The van der Waals surface area contributed by atoms with Gasteiger partial charge < -0.3 is 36.0 Å². The molecule has 35 heavy (non-hydrogen) atoms. The number of hydrogen-bond donors (Lipinski definition) is 7. The Bertz CT molecular complexity index is 1140. The molecule has 1 aromatic heterocycles. The first kappa shape index (κ1) is 26.8. The highest BCUT2D eigenvalue weighted by Gasteiger charge is 2.28. The quantitative estimate of drug-likeness (QED) is 0.172. The monoisotopic (exact) mass is 481 g/mol. The van der Waals surface area contributed by atoms with Gasteiger partial charge in [-0.2, -0.15) is 0 Å². The van der Waals surface area contributed by atoms with E-state index in [9.17, 15) is 24.7 Å². The number of aromatic carboxylic acids is 1. The van der Waals surface area contributed by atoms with Crippen molar-refractivity contribution in [3.8, 4) is 5.75 Å². The number of nitrogens with one attached hydrogen (secondary N) is 2. The molecule has 1 heterocycles. The lowest BCUT2D eigenvalue weighted by Crippen LogP contribution is -2.48. The Hall–Kier alpha value is -4.42. The standard InChI is InChI=1S/C22H22BN3O6.CH2O2/c27-20-15(5-2-8-18(20)22(29)30)11-19(23(31)32)26-21(28)16-6-1-4-14(10-16)12-25-17-7-3-9-24-13-17;2-1-3/h1-10,13,19,25,27,31-32H,11-12H2,(H,26,28)(H,29,30);1H,(H,2,3)/t19-;/m0./s1. The Morgan fingerprint density at radius 3 is 2.43 bits per heavy atom. The second kappa shape index (κ2) is 13.3. The number of benzene rings is 2. The van der Waals surface area contributed by atoms with Crippen LogP contribution in [0.2, 0.25) is 0 Å². The van der Waals surface area contributed by atoms with Crippen LogP contribution in [0.15, 0.2) is 67.0 Å². The van der Waals surface area contributed by atoms with Gasteiger partial charge in [0.1, 0.15) is 11.3 Å². The van der Waals surface area contributed by atoms with Crippen LogP contribution >= 0.6 is 0 Å². The molecule has 7 N–H and O–H groups in total. The number of carbonyl (C=O) groups excluding carboxylic acids is 1. The van der Waals surface area contributed by atoms with Crippen LogP contribution < -0.4 is 10.6 Å². The van der Waals surface area contributed by atoms with Crippen molar-refractivity contribution in [2.75, 3.05) is 5.32 Å². The number of pyridine rings is 1. The molecule has 0 aliphatic heterocycles. The van der Waals surface area contributed by atoms with Gasteiger partial charge in [0, 0.05) is 24.5 Å². The number of anilines is 1. The summed E-state index contributed by atoms with van der Waals surface area (Å²) in [6.07, 6.45) is 3.16. The van der Waals surface area contributed by atoms with Crippen LogP contribution in [0.3, 0.4) is 0 Å². The van der Waals surface area contributed by atoms with Gasteiger partial charge in [0.05, 0.1) is 11.6 Å². The number of para-hydroxylation sites is 1. The van der Waals surface area contributed by atoms with Gasteiger partial charge >= 0.3 is 13.1 Å². The van der Waals surface area contributed by atoms with Gasteiger partial charge in [-0.25, -0.2) is 4.79 Å². The molecule has 0 spiro atoms. The van der Waals surface area contributed by atoms with Crippen molar-refractivity contribution in [3.63, 3.8) is 0 Å². The molecule has 3 aromatic rings. The summed E-state index contributed by atoms with van der Waals surface area (Å²) in [6, 6.07) is 14.6. The third-order valence-corrected chi connectivity index (χ3v) is 4.81. The molecule has 0 fully saturated rings. The number of amides is 1. The molecule has 182 valence electrons. The molecule has 3 rings (SSSR count). The maximum atomic E-state index is 12.7. The number of carbonyl (C=O) groups is 3. The van der Waals surface area contributed by atoms with Gasteiger partial charge in [0.2, 0.25) is 0 Å². The van der Waals surface area contributed by atoms with E-state index in [-0.39, 0.29) is 24.0 Å². The largest absolute Gasteiger partial charge is 0.507 e. The predicted octanol–water partition coefficient (Wildman–Crippen LogP) is 1.15. The van der Waals surface area contributed by atoms with E-state index in [0.717, 1.165) is 11.3 Å². The van der Waals surface area contributed by atoms with E-state index in [0.29, 0.717) is 12.1 Å². The van der Waals surface area contributed by atoms with Gasteiger partial charge in [-0.1, -0.05) is 24.3 Å². The molecule has 0 aliphatic rings. The second-order valence-electron chi connectivity index (χ2n) is 7.22. The number of phenols is 1. The molecule has 11 nitrogen and oxygen atoms in total. The fraction of sp³-hybridized carbons (Fsp3) is 0.130. The first-order valence-electron chi connectivity index (χ1n) is 10.3. The lowest BCUT2D eigenvalue weighted by Gasteiger charge is -2.19. The Labute approximate surface area is 200 Å². The summed E-state index contributed by atoms with van der Waals surface area (Å²) >= 11 is 0. The summed E-state index contributed by atoms with van der Waals surface area (Å²) in [6.45, 7) is 0.203. The molecule has 0 unspecified atom stereocenters. The highest BCUT2D eigenvalue weighted by molar-refractivity contribution is 6.43. The Morgan fingerprint density at radius 2 is 1.80 bits per heavy atom. The zero-order chi connectivity index (χ0) is 25.8. The molecular formula is C23H24BN3O8. The van der Waals surface area contributed by atoms with Crippen LogP contribution in [-0.4, -0.2) is 61.8 Å². The smallest absolute Gasteiger partial charge is 0.475 e. The number of aromatic hydroxyl groups is 1. The average molecular weight is 481 g/mol. The van der Waals surface area contributed by atoms with E-state index in [2.05, 4.69) is 15.6 Å². The van der Waals surface area contributed by atoms with Crippen LogP contribution in [0.25, 0.3) is 0 Å². The van der Waals surface area contributed by atoms with E-state index in [4.69, 9.17) is 15.0 Å². The van der Waals surface area contributed by atoms with Crippen molar-refractivity contribution >= 4 is 31.2 Å². The normalized spacial score (nSPS) is 10.8. The third-order valence-electron chi connectivity index (χ3n) is 4.81. The number of rotatable bonds is 9. The molecule has 1 atom stereocenters. The molecule has 2 aromatic carbocycles. The number of carboxylic acids is 1. The van der Waals surface area contributed by atoms with Gasteiger partial charge in [-0.3, -0.25) is 14.6 Å². The number of nitrogens with zero attached hydrogens (tertiary/aromatic N) is 1. The molecule has 1 amide bonds. The van der Waals surface area contributed by atoms with Crippen molar-refractivity contribution < 1.29 is 39.8 Å². The molecule has 0 bridgehead atoms. The van der Waals surface area contributed by atoms with Crippen molar-refractivity contribution in [2.24, 2.45) is 0 Å². The SMILES string of the molecule is O=C(N[C@@H](Cc1cccc(C(=O)O)c1O)B(O)O)c1cccc(CNc2cccnc2)c1.O=CO. The van der Waals surface area contributed by atoms with Crippen LogP contribution in [0.5, 0.6) is 5.75 Å². The predicted molar refractivity (Wildman–Crippen MR) is 127 cm³/mol. The van der Waals surface area contributed by atoms with E-state index >= 15 is 0 Å². The van der Waals surface area contributed by atoms with Gasteiger partial charge in [-0.05, 0) is 47.9 Å². The third kappa shape index (κ3) is 8.14. The minimum atomic E-state index is -1.93. The second-order valence-corrected chi connectivity index (χ2v) is 7.22. The lowest BCUT2D eigenvalue weighted by molar-refractivity contribution is -0.122. The minimum Gasteiger partial charge on any atom is -0.507 e. The van der Waals surface area contributed by atoms with Crippen LogP contribution in [0.1, 0.15) is 31.8 Å². The number of hydrogen-bond acceptors (Lipinski definition) is 8. The highest BCUT2D eigenvalue weighted by Crippen LogP contribution is 2.24. The Balaban J connectivity index is 0.00000137. The van der Waals surface area contributed by atoms with Gasteiger partial charge in [0.15, 0.2) is 0 Å². The molecule has 12 heteroatoms. The molecule has 0 saturated heterocycles. The van der Waals surface area contributed by atoms with E-state index in [1.54, 1.807) is 36.7 Å². The van der Waals surface area contributed by atoms with Gasteiger partial charge in [-0.15, -0.1) is 0 Å². The molecule has 0 saturated carbocycles. The first-order chi connectivity index (χ1) is 16.8. The molecule has 0 aliphatic carbocycles. The summed E-state index contributed by atoms with van der Waals surface area (Å²) in [5.74, 6) is -3.51. The van der Waals surface area contributed by atoms with Crippen molar-refractivity contribution in [3.05, 3.63) is 89.2 Å². The Kier molecular flexibility index (Phi) is 10.2. The maximum absolute atomic E-state index is 12.7. The highest BCUT2D eigenvalue weighted by atomic mass is 16.4. The minimum absolute atomic E-state index is 0.165. The maximum Gasteiger partial charge on any atom is 0.475 e. The summed E-state index contributed by atoms with van der Waals surface area (Å²) < 4.78 is 0. The Morgan fingerprint density at radius 1 is 1.09 bits per heavy atom. The van der Waals surface area contributed by atoms with Crippen LogP contribution in [0, 0.1) is 0 Å². The molecule has 0 radical (unpaired) electrons. The van der Waals surface area contributed by atoms with E-state index < -0.39 is 30.7 Å². The van der Waals surface area contributed by atoms with Crippen LogP contribution in [-0.2, 0) is 17.8 Å². The molecular weight excluding hydrogens is 457 g/mol. The van der Waals surface area contributed by atoms with E-state index in [1.807, 2.05) is 12.1 Å². The lowest BCUT2D eigenvalue weighted by atomic mass is 9.75. The first-order valence-corrected chi connectivity index (χ1v) is 10.3. The average Bonchev–Trinajstić information content (AvgIpc) is 2.84. The number of carboxylic acid groups (broad SMARTS) is 2. The summed E-state index contributed by atoms with van der Waals surface area (Å²) in [5, 5.41) is 51.4. The summed E-state index contributed by atoms with van der Waals surface area (Å²) in [4.78, 5) is 36.3. The topological polar surface area (TPSA) is 189 Å². The van der Waals surface area contributed by atoms with Crippen molar-refractivity contribution in [1.82, 2.24) is 10.3 Å². The fourth-order valence-electron chi connectivity index (χ4n) is 3.14. The fourth-order valence-corrected chi connectivity index (χ4v) is 3.14. The summed E-state index contributed by atoms with van der Waals surface area (Å²) in [7, 11) is -1.93. The zero-order valence-electron chi connectivity index (χ0n) is 18.4. The van der Waals surface area contributed by atoms with E-state index in [1.165, 1.54) is 18.2 Å². The summed E-state index contributed by atoms with van der Waals surface area (Å²) in [5.41, 5.74) is 1.82. The van der Waals surface area contributed by atoms with Gasteiger partial charge in [0.25, 0.3) is 12.4 Å². The number of aromatic nitrogens is 1. The van der Waals surface area contributed by atoms with Crippen molar-refractivity contribution in [1.29, 1.82) is 0 Å².